The van der Waals surface area contributed by atoms with Crippen LogP contribution in [0.1, 0.15) is 24.0 Å². The molecule has 5 rings (SSSR count). The van der Waals surface area contributed by atoms with Gasteiger partial charge in [0.1, 0.15) is 4.70 Å². The second kappa shape index (κ2) is 9.13. The summed E-state index contributed by atoms with van der Waals surface area (Å²) in [5.74, 6) is 0. The van der Waals surface area contributed by atoms with Crippen LogP contribution >= 0.6 is 34.5 Å². The molecule has 2 aliphatic rings. The van der Waals surface area contributed by atoms with E-state index in [0.717, 1.165) is 49.4 Å². The summed E-state index contributed by atoms with van der Waals surface area (Å²) < 4.78 is 39.5. The normalized spacial score (nSPS) is 18.0. The number of fused-ring (bicyclic) bond motifs is 1. The number of non-ortho nitro benzene ring substituents is 1. The summed E-state index contributed by atoms with van der Waals surface area (Å²) in [5.41, 5.74) is -1.66. The maximum atomic E-state index is 13.2. The van der Waals surface area contributed by atoms with E-state index in [9.17, 15) is 28.1 Å². The average Bonchev–Trinajstić information content (AvgIpc) is 2.79. The fraction of sp³-hybridized carbons (Fsp3) is 0.391. The topological polar surface area (TPSA) is 79.6 Å². The van der Waals surface area contributed by atoms with E-state index in [2.05, 4.69) is 9.88 Å². The van der Waals surface area contributed by atoms with Crippen molar-refractivity contribution in [2.75, 3.05) is 31.1 Å². The highest BCUT2D eigenvalue weighted by Crippen LogP contribution is 2.43. The van der Waals surface area contributed by atoms with E-state index in [-0.39, 0.29) is 15.2 Å². The third-order valence-corrected chi connectivity index (χ3v) is 8.72. The molecule has 3 aromatic rings. The largest absolute Gasteiger partial charge is 0.416 e. The first-order valence-electron chi connectivity index (χ1n) is 11.1. The van der Waals surface area contributed by atoms with Gasteiger partial charge in [-0.25, -0.2) is 0 Å². The van der Waals surface area contributed by atoms with Crippen molar-refractivity contribution in [1.29, 1.82) is 0 Å². The van der Waals surface area contributed by atoms with Crippen molar-refractivity contribution in [2.45, 2.75) is 25.6 Å². The third-order valence-electron chi connectivity index (χ3n) is 6.82. The van der Waals surface area contributed by atoms with Crippen LogP contribution in [0.5, 0.6) is 0 Å². The highest BCUT2D eigenvalue weighted by Gasteiger charge is 2.45. The van der Waals surface area contributed by atoms with Gasteiger partial charge in [-0.05, 0) is 42.0 Å². The monoisotopic (exact) mass is 558 g/mol. The van der Waals surface area contributed by atoms with Crippen LogP contribution in [0.3, 0.4) is 0 Å². The summed E-state index contributed by atoms with van der Waals surface area (Å²) in [4.78, 5) is 31.4. The van der Waals surface area contributed by atoms with Crippen LogP contribution in [0.2, 0.25) is 10.0 Å². The molecule has 0 amide bonds. The van der Waals surface area contributed by atoms with Crippen LogP contribution in [0.4, 0.5) is 24.0 Å². The Hall–Kier alpha value is -2.47. The first kappa shape index (κ1) is 25.2. The smallest absolute Gasteiger partial charge is 0.348 e. The highest BCUT2D eigenvalue weighted by molar-refractivity contribution is 7.22. The van der Waals surface area contributed by atoms with Gasteiger partial charge in [-0.15, -0.1) is 0 Å². The molecule has 0 bridgehead atoms. The molecule has 7 nitrogen and oxygen atoms in total. The van der Waals surface area contributed by atoms with Gasteiger partial charge in [0.05, 0.1) is 25.9 Å². The minimum Gasteiger partial charge on any atom is -0.348 e. The van der Waals surface area contributed by atoms with E-state index >= 15 is 0 Å². The van der Waals surface area contributed by atoms with Gasteiger partial charge in [0.15, 0.2) is 5.13 Å². The molecule has 0 unspecified atom stereocenters. The molecule has 190 valence electrons. The van der Waals surface area contributed by atoms with E-state index in [1.807, 2.05) is 17.0 Å². The van der Waals surface area contributed by atoms with Crippen LogP contribution in [0.25, 0.3) is 10.1 Å². The molecular weight excluding hydrogens is 540 g/mol. The molecule has 2 aliphatic heterocycles. The van der Waals surface area contributed by atoms with Crippen LogP contribution < -0.4 is 10.5 Å². The number of alkyl halides is 3. The average molecular weight is 559 g/mol. The summed E-state index contributed by atoms with van der Waals surface area (Å²) in [6, 6.07) is 6.71. The number of rotatable bonds is 4. The number of aromatic nitrogens is 1. The summed E-state index contributed by atoms with van der Waals surface area (Å²) in [6.45, 7) is 3.79. The lowest BCUT2D eigenvalue weighted by molar-refractivity contribution is -0.383. The number of nitro groups is 1. The molecule has 0 saturated carbocycles. The van der Waals surface area contributed by atoms with Gasteiger partial charge >= 0.3 is 6.18 Å². The van der Waals surface area contributed by atoms with Crippen LogP contribution in [0, 0.1) is 15.5 Å². The fourth-order valence-corrected chi connectivity index (χ4v) is 6.41. The number of likely N-dealkylation sites (tertiary alicyclic amines) is 1. The minimum atomic E-state index is -4.81. The maximum Gasteiger partial charge on any atom is 0.416 e. The lowest BCUT2D eigenvalue weighted by atomic mass is 9.72. The van der Waals surface area contributed by atoms with Crippen LogP contribution in [-0.2, 0) is 12.7 Å². The summed E-state index contributed by atoms with van der Waals surface area (Å²) in [7, 11) is 0. The SMILES string of the molecule is O=c1nc(N2CCC3(CC2)CN(Cc2ccc(Cl)c(Cl)c2)C3)sc2c([N+](=O)[O-])cc(C(F)(F)F)cc12. The molecule has 0 radical (unpaired) electrons. The standard InChI is InChI=1S/C23H19Cl2F3N4O3S/c24-16-2-1-13(7-17(16)25)10-30-11-22(12-30)3-5-31(6-4-22)21-29-20(33)15-8-14(23(26,27)28)9-18(32(34)35)19(15)36-21/h1-2,7-9H,3-6,10-12H2. The molecule has 1 aromatic heterocycles. The van der Waals surface area contributed by atoms with Crippen molar-refractivity contribution in [1.82, 2.24) is 9.88 Å². The van der Waals surface area contributed by atoms with E-state index in [1.165, 1.54) is 0 Å². The molecule has 0 N–H and O–H groups in total. The molecule has 2 aromatic carbocycles. The van der Waals surface area contributed by atoms with Gasteiger partial charge < -0.3 is 4.90 Å². The number of anilines is 1. The van der Waals surface area contributed by atoms with Gasteiger partial charge in [0, 0.05) is 38.8 Å². The zero-order chi connectivity index (χ0) is 25.8. The second-order valence-electron chi connectivity index (χ2n) is 9.31. The molecule has 1 spiro atoms. The number of piperidine rings is 1. The Morgan fingerprint density at radius 1 is 1.11 bits per heavy atom. The van der Waals surface area contributed by atoms with Crippen LogP contribution in [0.15, 0.2) is 35.1 Å². The van der Waals surface area contributed by atoms with Gasteiger partial charge in [0.25, 0.3) is 11.2 Å². The first-order chi connectivity index (χ1) is 16.9. The Kier molecular flexibility index (Phi) is 6.39. The number of hydrogen-bond donors (Lipinski definition) is 0. The number of hydrogen-bond acceptors (Lipinski definition) is 7. The number of nitrogens with zero attached hydrogens (tertiary/aromatic N) is 4. The zero-order valence-corrected chi connectivity index (χ0v) is 21.0. The molecule has 0 aliphatic carbocycles. The molecule has 13 heteroatoms. The fourth-order valence-electron chi connectivity index (χ4n) is 4.97. The predicted octanol–water partition coefficient (Wildman–Crippen LogP) is 5.99. The minimum absolute atomic E-state index is 0.0975. The molecule has 2 saturated heterocycles. The Morgan fingerprint density at radius 2 is 1.81 bits per heavy atom. The Labute approximate surface area is 217 Å². The van der Waals surface area contributed by atoms with Gasteiger partial charge in [-0.1, -0.05) is 40.6 Å². The number of nitro benzene ring substituents is 1. The van der Waals surface area contributed by atoms with Gasteiger partial charge in [-0.2, -0.15) is 18.2 Å². The number of halogens is 5. The summed E-state index contributed by atoms with van der Waals surface area (Å²) in [5, 5.41) is 12.4. The molecule has 0 atom stereocenters. The number of benzene rings is 2. The van der Waals surface area contributed by atoms with Crippen molar-refractivity contribution < 1.29 is 18.1 Å². The Balaban J connectivity index is 1.30. The second-order valence-corrected chi connectivity index (χ2v) is 11.1. The quantitative estimate of drug-likeness (QED) is 0.289. The molecule has 2 fully saturated rings. The first-order valence-corrected chi connectivity index (χ1v) is 12.6. The molecule has 3 heterocycles. The Morgan fingerprint density at radius 3 is 2.42 bits per heavy atom. The maximum absolute atomic E-state index is 13.2. The lowest BCUT2D eigenvalue weighted by Gasteiger charge is -2.54. The highest BCUT2D eigenvalue weighted by atomic mass is 35.5. The zero-order valence-electron chi connectivity index (χ0n) is 18.6. The Bertz CT molecular complexity index is 1420. The van der Waals surface area contributed by atoms with Crippen molar-refractivity contribution >= 4 is 55.4 Å². The summed E-state index contributed by atoms with van der Waals surface area (Å²) >= 11 is 13.0. The van der Waals surface area contributed by atoms with Crippen LogP contribution in [-0.4, -0.2) is 41.0 Å². The van der Waals surface area contributed by atoms with E-state index in [1.54, 1.807) is 6.07 Å². The van der Waals surface area contributed by atoms with Gasteiger partial charge in [0.2, 0.25) is 0 Å². The van der Waals surface area contributed by atoms with Crippen molar-refractivity contribution in [3.63, 3.8) is 0 Å². The van der Waals surface area contributed by atoms with E-state index in [4.69, 9.17) is 23.2 Å². The predicted molar refractivity (Wildman–Crippen MR) is 133 cm³/mol. The summed E-state index contributed by atoms with van der Waals surface area (Å²) in [6.07, 6.45) is -3.12. The molecule has 36 heavy (non-hydrogen) atoms. The lowest BCUT2D eigenvalue weighted by Crippen LogP contribution is -2.59. The van der Waals surface area contributed by atoms with E-state index in [0.29, 0.717) is 35.3 Å². The molecular formula is C23H19Cl2F3N4O3S. The van der Waals surface area contributed by atoms with Gasteiger partial charge in [-0.3, -0.25) is 19.8 Å². The van der Waals surface area contributed by atoms with E-state index < -0.39 is 33.3 Å². The third kappa shape index (κ3) is 4.77. The van der Waals surface area contributed by atoms with Crippen molar-refractivity contribution in [3.8, 4) is 0 Å². The van der Waals surface area contributed by atoms with Crippen molar-refractivity contribution in [2.24, 2.45) is 5.41 Å². The van der Waals surface area contributed by atoms with Crippen molar-refractivity contribution in [3.05, 3.63) is 72.0 Å².